The van der Waals surface area contributed by atoms with Gasteiger partial charge in [0.1, 0.15) is 0 Å². The Kier molecular flexibility index (Phi) is 7.17. The van der Waals surface area contributed by atoms with E-state index in [0.717, 1.165) is 5.69 Å². The summed E-state index contributed by atoms with van der Waals surface area (Å²) in [6.07, 6.45) is 4.91. The second-order valence-electron chi connectivity index (χ2n) is 16.3. The van der Waals surface area contributed by atoms with Crippen molar-refractivity contribution < 1.29 is 0 Å². The number of benzene rings is 8. The third kappa shape index (κ3) is 4.26. The molecule has 2 unspecified atom stereocenters. The largest absolute Gasteiger partial charge is 0.314 e. The maximum absolute atomic E-state index is 2.55. The lowest BCUT2D eigenvalue weighted by molar-refractivity contribution is 0.549. The Balaban J connectivity index is 1.10. The van der Waals surface area contributed by atoms with Gasteiger partial charge in [-0.25, -0.2) is 0 Å². The number of para-hydroxylation sites is 1. The maximum Gasteiger partial charge on any atom is 0.0726 e. The zero-order valence-electron chi connectivity index (χ0n) is 32.4. The molecule has 2 atom stereocenters. The van der Waals surface area contributed by atoms with Crippen molar-refractivity contribution in [3.05, 3.63) is 274 Å². The lowest BCUT2D eigenvalue weighted by atomic mass is 9.65. The highest BCUT2D eigenvalue weighted by Gasteiger charge is 2.54. The third-order valence-corrected chi connectivity index (χ3v) is 13.8. The molecular weight excluding hydrogens is 699 g/mol. The van der Waals surface area contributed by atoms with Crippen LogP contribution in [-0.2, 0) is 10.8 Å². The minimum atomic E-state index is -0.410. The van der Waals surface area contributed by atoms with Crippen LogP contribution in [0.5, 0.6) is 0 Å². The van der Waals surface area contributed by atoms with E-state index >= 15 is 0 Å². The highest BCUT2D eigenvalue weighted by Crippen LogP contribution is 2.65. The first-order valence-electron chi connectivity index (χ1n) is 20.6. The monoisotopic (exact) mass is 739 g/mol. The number of rotatable bonds is 5. The van der Waals surface area contributed by atoms with Crippen molar-refractivity contribution in [3.8, 4) is 22.3 Å². The Morgan fingerprint density at radius 3 is 1.41 bits per heavy atom. The fourth-order valence-electron chi connectivity index (χ4n) is 11.6. The van der Waals surface area contributed by atoms with Crippen LogP contribution in [0.3, 0.4) is 0 Å². The first-order chi connectivity index (χ1) is 28.7. The molecule has 4 aliphatic rings. The molecule has 1 nitrogen and oxygen atoms in total. The lowest BCUT2D eigenvalue weighted by Crippen LogP contribution is -2.33. The molecule has 0 fully saturated rings. The van der Waals surface area contributed by atoms with Crippen molar-refractivity contribution in [1.29, 1.82) is 0 Å². The van der Waals surface area contributed by atoms with Crippen LogP contribution in [0.1, 0.15) is 57.3 Å². The molecule has 8 aromatic rings. The molecule has 12 rings (SSSR count). The van der Waals surface area contributed by atoms with Gasteiger partial charge in [-0.3, -0.25) is 0 Å². The normalized spacial score (nSPS) is 18.2. The van der Waals surface area contributed by atoms with Gasteiger partial charge in [0, 0.05) is 28.9 Å². The minimum absolute atomic E-state index is 0.169. The molecule has 0 N–H and O–H groups in total. The number of anilines is 2. The van der Waals surface area contributed by atoms with E-state index in [0.29, 0.717) is 0 Å². The summed E-state index contributed by atoms with van der Waals surface area (Å²) in [6.45, 7) is 2.45. The summed E-state index contributed by atoms with van der Waals surface area (Å²) in [5.41, 5.74) is 20.4. The molecule has 1 heteroatoms. The van der Waals surface area contributed by atoms with E-state index in [-0.39, 0.29) is 11.8 Å². The van der Waals surface area contributed by atoms with Gasteiger partial charge in [-0.05, 0) is 103 Å². The number of hydrogen-bond donors (Lipinski definition) is 0. The predicted molar refractivity (Wildman–Crippen MR) is 239 cm³/mol. The van der Waals surface area contributed by atoms with Gasteiger partial charge in [-0.15, -0.1) is 0 Å². The Bertz CT molecular complexity index is 2870. The van der Waals surface area contributed by atoms with Crippen molar-refractivity contribution >= 4 is 11.4 Å². The van der Waals surface area contributed by atoms with Crippen LogP contribution in [0.2, 0.25) is 0 Å². The maximum atomic E-state index is 2.55. The van der Waals surface area contributed by atoms with Crippen molar-refractivity contribution in [2.45, 2.75) is 23.7 Å². The summed E-state index contributed by atoms with van der Waals surface area (Å²) in [5, 5.41) is 0. The van der Waals surface area contributed by atoms with Gasteiger partial charge in [0.05, 0.1) is 10.8 Å². The Morgan fingerprint density at radius 2 is 0.845 bits per heavy atom. The SMILES string of the molecule is CC1C(N(c2ccccc2)c2ccc3c(c2)C2(c4ccccc4-c4ccccc42)c2ccccc2-3)=CC=C2C1c1ccccc1C2(c1ccccc1)c1ccccc1. The number of fused-ring (bicyclic) bond motifs is 13. The molecule has 8 aromatic carbocycles. The van der Waals surface area contributed by atoms with Crippen LogP contribution in [0.25, 0.3) is 22.3 Å². The second-order valence-corrected chi connectivity index (χ2v) is 16.3. The molecule has 1 spiro atoms. The van der Waals surface area contributed by atoms with E-state index in [1.54, 1.807) is 0 Å². The standard InChI is InChI=1S/C57H41N/c1-38-54(36-35-52-55(38)47-28-14-18-32-51(47)56(52,39-19-5-2-6-20-39)40-21-7-3-8-22-40)58(41-23-9-4-10-24-41)42-33-34-46-45-27-13-17-31-50(45)57(53(46)37-42)48-29-15-11-25-43(48)44-26-12-16-30-49(44)57/h2-38,55H,1H3. The second kappa shape index (κ2) is 12.5. The van der Waals surface area contributed by atoms with Crippen LogP contribution >= 0.6 is 0 Å². The van der Waals surface area contributed by atoms with Crippen molar-refractivity contribution in [3.63, 3.8) is 0 Å². The van der Waals surface area contributed by atoms with Gasteiger partial charge in [0.15, 0.2) is 0 Å². The predicted octanol–water partition coefficient (Wildman–Crippen LogP) is 13.8. The fraction of sp³-hybridized carbons (Fsp3) is 0.0877. The van der Waals surface area contributed by atoms with E-state index in [1.807, 2.05) is 0 Å². The summed E-state index contributed by atoms with van der Waals surface area (Å²) in [7, 11) is 0. The van der Waals surface area contributed by atoms with Gasteiger partial charge in [0.25, 0.3) is 0 Å². The third-order valence-electron chi connectivity index (χ3n) is 13.8. The van der Waals surface area contributed by atoms with Crippen molar-refractivity contribution in [1.82, 2.24) is 0 Å². The first kappa shape index (κ1) is 33.2. The van der Waals surface area contributed by atoms with Gasteiger partial charge in [-0.1, -0.05) is 195 Å². The molecule has 0 aromatic heterocycles. The Hall–Kier alpha value is -6.96. The first-order valence-corrected chi connectivity index (χ1v) is 20.6. The Labute approximate surface area is 340 Å². The van der Waals surface area contributed by atoms with Crippen LogP contribution in [0, 0.1) is 5.92 Å². The fourth-order valence-corrected chi connectivity index (χ4v) is 11.6. The molecule has 0 aliphatic heterocycles. The van der Waals surface area contributed by atoms with Gasteiger partial charge in [-0.2, -0.15) is 0 Å². The van der Waals surface area contributed by atoms with Gasteiger partial charge >= 0.3 is 0 Å². The average molecular weight is 740 g/mol. The summed E-state index contributed by atoms with van der Waals surface area (Å²) in [6, 6.07) is 77.1. The molecule has 0 radical (unpaired) electrons. The van der Waals surface area contributed by atoms with Crippen LogP contribution < -0.4 is 4.90 Å². The molecule has 0 saturated carbocycles. The Morgan fingerprint density at radius 1 is 0.379 bits per heavy atom. The summed E-state index contributed by atoms with van der Waals surface area (Å²) >= 11 is 0. The number of allylic oxidation sites excluding steroid dienone is 4. The van der Waals surface area contributed by atoms with Gasteiger partial charge in [0.2, 0.25) is 0 Å². The molecule has 4 aliphatic carbocycles. The topological polar surface area (TPSA) is 3.24 Å². The van der Waals surface area contributed by atoms with Crippen LogP contribution in [0.15, 0.2) is 230 Å². The zero-order valence-corrected chi connectivity index (χ0v) is 32.4. The summed E-state index contributed by atoms with van der Waals surface area (Å²) < 4.78 is 0. The zero-order chi connectivity index (χ0) is 38.4. The number of hydrogen-bond acceptors (Lipinski definition) is 1. The molecule has 0 saturated heterocycles. The highest BCUT2D eigenvalue weighted by molar-refractivity contribution is 5.96. The highest BCUT2D eigenvalue weighted by atomic mass is 15.2. The average Bonchev–Trinajstić information content (AvgIpc) is 3.89. The lowest BCUT2D eigenvalue weighted by Gasteiger charge is -2.41. The molecule has 274 valence electrons. The minimum Gasteiger partial charge on any atom is -0.314 e. The van der Waals surface area contributed by atoms with Crippen molar-refractivity contribution in [2.75, 3.05) is 4.90 Å². The van der Waals surface area contributed by atoms with E-state index in [2.05, 4.69) is 230 Å². The van der Waals surface area contributed by atoms with E-state index in [4.69, 9.17) is 0 Å². The van der Waals surface area contributed by atoms with Crippen molar-refractivity contribution in [2.24, 2.45) is 5.92 Å². The van der Waals surface area contributed by atoms with E-state index < -0.39 is 10.8 Å². The van der Waals surface area contributed by atoms with E-state index in [9.17, 15) is 0 Å². The molecule has 0 bridgehead atoms. The molecule has 58 heavy (non-hydrogen) atoms. The van der Waals surface area contributed by atoms with Crippen LogP contribution in [0.4, 0.5) is 11.4 Å². The molecule has 0 amide bonds. The quantitative estimate of drug-likeness (QED) is 0.170. The van der Waals surface area contributed by atoms with Crippen LogP contribution in [-0.4, -0.2) is 0 Å². The molecule has 0 heterocycles. The summed E-state index contributed by atoms with van der Waals surface area (Å²) in [5.74, 6) is 0.351. The van der Waals surface area contributed by atoms with Gasteiger partial charge < -0.3 is 4.90 Å². The summed E-state index contributed by atoms with van der Waals surface area (Å²) in [4.78, 5) is 2.55. The molecular formula is C57H41N. The smallest absolute Gasteiger partial charge is 0.0726 e. The number of nitrogens with zero attached hydrogens (tertiary/aromatic N) is 1. The van der Waals surface area contributed by atoms with E-state index in [1.165, 1.54) is 83.7 Å².